The molecule has 2 unspecified atom stereocenters. The smallest absolute Gasteiger partial charge is 0.0561 e. The summed E-state index contributed by atoms with van der Waals surface area (Å²) in [6, 6.07) is 2.42. The van der Waals surface area contributed by atoms with E-state index in [1.807, 2.05) is 6.07 Å². The molecular formula is C12H20ClNS. The van der Waals surface area contributed by atoms with Crippen molar-refractivity contribution in [1.82, 2.24) is 5.32 Å². The highest BCUT2D eigenvalue weighted by Crippen LogP contribution is 2.32. The molecule has 1 aromatic rings. The molecule has 0 bridgehead atoms. The fourth-order valence-electron chi connectivity index (χ4n) is 1.65. The molecule has 0 radical (unpaired) electrons. The van der Waals surface area contributed by atoms with Crippen LogP contribution in [0.4, 0.5) is 0 Å². The molecule has 1 aromatic heterocycles. The van der Waals surface area contributed by atoms with Crippen LogP contribution in [0, 0.1) is 5.92 Å². The van der Waals surface area contributed by atoms with Crippen LogP contribution in [0.2, 0.25) is 5.02 Å². The van der Waals surface area contributed by atoms with Gasteiger partial charge in [-0.2, -0.15) is 0 Å². The van der Waals surface area contributed by atoms with Gasteiger partial charge in [-0.15, -0.1) is 11.3 Å². The van der Waals surface area contributed by atoms with E-state index in [1.165, 1.54) is 17.7 Å². The van der Waals surface area contributed by atoms with Gasteiger partial charge in [0.15, 0.2) is 0 Å². The summed E-state index contributed by atoms with van der Waals surface area (Å²) in [5.41, 5.74) is 0. The predicted molar refractivity (Wildman–Crippen MR) is 69.8 cm³/mol. The standard InChI is InChI=1S/C12H20ClNS/c1-4-9(3)8-11(14-5-2)12-10(13)6-7-15-12/h6-7,9,11,14H,4-5,8H2,1-3H3. The van der Waals surface area contributed by atoms with Crippen LogP contribution in [0.25, 0.3) is 0 Å². The Morgan fingerprint density at radius 3 is 2.67 bits per heavy atom. The largest absolute Gasteiger partial charge is 0.309 e. The predicted octanol–water partition coefficient (Wildman–Crippen LogP) is 4.49. The van der Waals surface area contributed by atoms with E-state index in [0.717, 1.165) is 17.5 Å². The quantitative estimate of drug-likeness (QED) is 0.779. The number of nitrogens with one attached hydrogen (secondary N) is 1. The lowest BCUT2D eigenvalue weighted by Crippen LogP contribution is -2.22. The second-order valence-electron chi connectivity index (χ2n) is 3.99. The fraction of sp³-hybridized carbons (Fsp3) is 0.667. The number of thiophene rings is 1. The normalized spacial score (nSPS) is 15.2. The molecule has 0 saturated heterocycles. The number of halogens is 1. The first-order valence-corrected chi connectivity index (χ1v) is 6.91. The Morgan fingerprint density at radius 2 is 2.20 bits per heavy atom. The van der Waals surface area contributed by atoms with Crippen LogP contribution in [0.3, 0.4) is 0 Å². The first-order valence-electron chi connectivity index (χ1n) is 5.65. The Hall–Kier alpha value is -0.0500. The minimum Gasteiger partial charge on any atom is -0.309 e. The lowest BCUT2D eigenvalue weighted by molar-refractivity contribution is 0.412. The van der Waals surface area contributed by atoms with Crippen LogP contribution in [-0.4, -0.2) is 6.54 Å². The highest BCUT2D eigenvalue weighted by molar-refractivity contribution is 7.10. The second-order valence-corrected chi connectivity index (χ2v) is 5.35. The van der Waals surface area contributed by atoms with Crippen molar-refractivity contribution in [3.05, 3.63) is 21.3 Å². The molecule has 1 heterocycles. The molecule has 0 saturated carbocycles. The van der Waals surface area contributed by atoms with Gasteiger partial charge >= 0.3 is 0 Å². The molecule has 0 fully saturated rings. The van der Waals surface area contributed by atoms with Gasteiger partial charge < -0.3 is 5.32 Å². The van der Waals surface area contributed by atoms with E-state index in [-0.39, 0.29) is 0 Å². The zero-order chi connectivity index (χ0) is 11.3. The molecule has 1 rings (SSSR count). The van der Waals surface area contributed by atoms with Crippen LogP contribution in [0.15, 0.2) is 11.4 Å². The summed E-state index contributed by atoms with van der Waals surface area (Å²) in [7, 11) is 0. The molecule has 0 aliphatic heterocycles. The van der Waals surface area contributed by atoms with Crippen LogP contribution in [0.1, 0.15) is 44.5 Å². The SMILES string of the molecule is CCNC(CC(C)CC)c1sccc1Cl. The van der Waals surface area contributed by atoms with Crippen molar-refractivity contribution >= 4 is 22.9 Å². The highest BCUT2D eigenvalue weighted by atomic mass is 35.5. The molecule has 3 heteroatoms. The molecule has 1 nitrogen and oxygen atoms in total. The fourth-order valence-corrected chi connectivity index (χ4v) is 2.93. The van der Waals surface area contributed by atoms with E-state index in [4.69, 9.17) is 11.6 Å². The maximum absolute atomic E-state index is 6.17. The molecule has 15 heavy (non-hydrogen) atoms. The van der Waals surface area contributed by atoms with Crippen molar-refractivity contribution in [2.24, 2.45) is 5.92 Å². The van der Waals surface area contributed by atoms with Crippen molar-refractivity contribution in [3.63, 3.8) is 0 Å². The molecular weight excluding hydrogens is 226 g/mol. The zero-order valence-corrected chi connectivity index (χ0v) is 11.3. The highest BCUT2D eigenvalue weighted by Gasteiger charge is 2.17. The Labute approximate surface area is 102 Å². The third-order valence-corrected chi connectivity index (χ3v) is 4.22. The van der Waals surface area contributed by atoms with Gasteiger partial charge in [-0.05, 0) is 30.3 Å². The maximum atomic E-state index is 6.17. The van der Waals surface area contributed by atoms with Gasteiger partial charge in [-0.1, -0.05) is 38.8 Å². The average Bonchev–Trinajstić information content (AvgIpc) is 2.63. The van der Waals surface area contributed by atoms with Crippen molar-refractivity contribution in [2.45, 2.75) is 39.7 Å². The summed E-state index contributed by atoms with van der Waals surface area (Å²) in [5, 5.41) is 6.50. The first-order chi connectivity index (χ1) is 7.19. The lowest BCUT2D eigenvalue weighted by atomic mass is 9.98. The van der Waals surface area contributed by atoms with E-state index in [1.54, 1.807) is 11.3 Å². The Kier molecular flexibility index (Phi) is 5.65. The minimum atomic E-state index is 0.428. The molecule has 0 aliphatic rings. The summed E-state index contributed by atoms with van der Waals surface area (Å²) >= 11 is 7.92. The van der Waals surface area contributed by atoms with Gasteiger partial charge in [-0.3, -0.25) is 0 Å². The maximum Gasteiger partial charge on any atom is 0.0561 e. The monoisotopic (exact) mass is 245 g/mol. The molecule has 2 atom stereocenters. The van der Waals surface area contributed by atoms with Gasteiger partial charge in [0.25, 0.3) is 0 Å². The van der Waals surface area contributed by atoms with Gasteiger partial charge in [0, 0.05) is 10.9 Å². The van der Waals surface area contributed by atoms with Crippen molar-refractivity contribution < 1.29 is 0 Å². The van der Waals surface area contributed by atoms with Crippen LogP contribution in [-0.2, 0) is 0 Å². The zero-order valence-electron chi connectivity index (χ0n) is 9.72. The molecule has 0 aromatic carbocycles. The van der Waals surface area contributed by atoms with Crippen molar-refractivity contribution in [1.29, 1.82) is 0 Å². The van der Waals surface area contributed by atoms with E-state index in [0.29, 0.717) is 6.04 Å². The lowest BCUT2D eigenvalue weighted by Gasteiger charge is -2.20. The van der Waals surface area contributed by atoms with Crippen molar-refractivity contribution in [2.75, 3.05) is 6.54 Å². The first kappa shape index (κ1) is 13.0. The second kappa shape index (κ2) is 6.51. The van der Waals surface area contributed by atoms with E-state index in [2.05, 4.69) is 31.5 Å². The molecule has 0 amide bonds. The summed E-state index contributed by atoms with van der Waals surface area (Å²) in [6.07, 6.45) is 2.40. The third kappa shape index (κ3) is 3.78. The Bertz CT molecular complexity index is 285. The summed E-state index contributed by atoms with van der Waals surface area (Å²) in [4.78, 5) is 1.29. The Morgan fingerprint density at radius 1 is 1.47 bits per heavy atom. The van der Waals surface area contributed by atoms with Gasteiger partial charge in [0.2, 0.25) is 0 Å². The summed E-state index contributed by atoms with van der Waals surface area (Å²) in [5.74, 6) is 0.743. The van der Waals surface area contributed by atoms with Crippen LogP contribution < -0.4 is 5.32 Å². The third-order valence-electron chi connectivity index (χ3n) is 2.75. The van der Waals surface area contributed by atoms with Gasteiger partial charge in [0.05, 0.1) is 5.02 Å². The molecule has 0 aliphatic carbocycles. The van der Waals surface area contributed by atoms with Crippen LogP contribution >= 0.6 is 22.9 Å². The average molecular weight is 246 g/mol. The minimum absolute atomic E-state index is 0.428. The molecule has 0 spiro atoms. The Balaban J connectivity index is 2.69. The summed E-state index contributed by atoms with van der Waals surface area (Å²) in [6.45, 7) is 7.68. The van der Waals surface area contributed by atoms with E-state index >= 15 is 0 Å². The number of hydrogen-bond acceptors (Lipinski definition) is 2. The topological polar surface area (TPSA) is 12.0 Å². The van der Waals surface area contributed by atoms with Crippen molar-refractivity contribution in [3.8, 4) is 0 Å². The number of rotatable bonds is 6. The van der Waals surface area contributed by atoms with Gasteiger partial charge in [-0.25, -0.2) is 0 Å². The molecule has 1 N–H and O–H groups in total. The van der Waals surface area contributed by atoms with Gasteiger partial charge in [0.1, 0.15) is 0 Å². The number of hydrogen-bond donors (Lipinski definition) is 1. The summed E-state index contributed by atoms with van der Waals surface area (Å²) < 4.78 is 0. The van der Waals surface area contributed by atoms with Crippen LogP contribution in [0.5, 0.6) is 0 Å². The molecule has 86 valence electrons. The van der Waals surface area contributed by atoms with E-state index in [9.17, 15) is 0 Å². The van der Waals surface area contributed by atoms with E-state index < -0.39 is 0 Å².